The van der Waals surface area contributed by atoms with Crippen LogP contribution in [0.2, 0.25) is 0 Å². The maximum atomic E-state index is 12.8. The molecule has 10 heteroatoms. The Hall–Kier alpha value is -3.06. The zero-order valence-electron chi connectivity index (χ0n) is 15.6. The summed E-state index contributed by atoms with van der Waals surface area (Å²) in [7, 11) is -2.62. The summed E-state index contributed by atoms with van der Waals surface area (Å²) < 4.78 is 65.3. The fourth-order valence-electron chi connectivity index (χ4n) is 2.42. The summed E-state index contributed by atoms with van der Waals surface area (Å²) in [6, 6.07) is 10.5. The van der Waals surface area contributed by atoms with Gasteiger partial charge in [0.2, 0.25) is 0 Å². The second-order valence-electron chi connectivity index (χ2n) is 6.34. The minimum absolute atomic E-state index is 0.148. The molecular formula is C19H18F3N3O3S. The highest BCUT2D eigenvalue weighted by Gasteiger charge is 2.30. The van der Waals surface area contributed by atoms with Crippen LogP contribution in [0.5, 0.6) is 0 Å². The van der Waals surface area contributed by atoms with Crippen LogP contribution < -0.4 is 4.72 Å². The third-order valence-electron chi connectivity index (χ3n) is 4.22. The van der Waals surface area contributed by atoms with Gasteiger partial charge in [-0.15, -0.1) is 0 Å². The van der Waals surface area contributed by atoms with Gasteiger partial charge in [-0.2, -0.15) is 18.4 Å². The second-order valence-corrected chi connectivity index (χ2v) is 8.02. The van der Waals surface area contributed by atoms with E-state index in [9.17, 15) is 26.4 Å². The molecule has 0 bridgehead atoms. The van der Waals surface area contributed by atoms with Crippen LogP contribution in [0.3, 0.4) is 0 Å². The number of hydrogen-bond donors (Lipinski definition) is 1. The number of amides is 1. The normalized spacial score (nSPS) is 12.7. The maximum absolute atomic E-state index is 12.8. The molecule has 1 atom stereocenters. The molecule has 0 radical (unpaired) electrons. The molecule has 29 heavy (non-hydrogen) atoms. The minimum Gasteiger partial charge on any atom is -0.338 e. The summed E-state index contributed by atoms with van der Waals surface area (Å²) in [5.41, 5.74) is -0.992. The zero-order valence-corrected chi connectivity index (χ0v) is 16.4. The van der Waals surface area contributed by atoms with Gasteiger partial charge in [0.15, 0.2) is 0 Å². The van der Waals surface area contributed by atoms with E-state index < -0.39 is 21.8 Å². The quantitative estimate of drug-likeness (QED) is 0.761. The maximum Gasteiger partial charge on any atom is 0.416 e. The first-order chi connectivity index (χ1) is 13.5. The molecule has 2 aromatic rings. The number of alkyl halides is 3. The summed E-state index contributed by atoms with van der Waals surface area (Å²) in [6.45, 7) is 1.71. The Labute approximate surface area is 166 Å². The Morgan fingerprint density at radius 1 is 1.21 bits per heavy atom. The molecule has 1 amide bonds. The average molecular weight is 425 g/mol. The lowest BCUT2D eigenvalue weighted by Crippen LogP contribution is -2.34. The van der Waals surface area contributed by atoms with Gasteiger partial charge in [0.05, 0.1) is 22.9 Å². The van der Waals surface area contributed by atoms with E-state index in [1.807, 2.05) is 6.07 Å². The van der Waals surface area contributed by atoms with Crippen molar-refractivity contribution in [1.29, 1.82) is 5.26 Å². The number of nitrogens with one attached hydrogen (secondary N) is 1. The number of nitrogens with zero attached hydrogens (tertiary/aromatic N) is 2. The van der Waals surface area contributed by atoms with Crippen molar-refractivity contribution in [2.24, 2.45) is 0 Å². The average Bonchev–Trinajstić information content (AvgIpc) is 2.66. The number of rotatable bonds is 6. The Morgan fingerprint density at radius 2 is 1.83 bits per heavy atom. The number of carbonyl (C=O) groups is 1. The lowest BCUT2D eigenvalue weighted by atomic mass is 10.1. The molecule has 2 rings (SSSR count). The molecule has 1 unspecified atom stereocenters. The summed E-state index contributed by atoms with van der Waals surface area (Å²) in [6.07, 6.45) is -4.45. The van der Waals surface area contributed by atoms with E-state index in [2.05, 4.69) is 4.72 Å². The third-order valence-corrected chi connectivity index (χ3v) is 5.62. The van der Waals surface area contributed by atoms with Crippen LogP contribution in [0, 0.1) is 11.3 Å². The first-order valence-corrected chi connectivity index (χ1v) is 9.88. The van der Waals surface area contributed by atoms with Crippen LogP contribution in [-0.4, -0.2) is 32.3 Å². The highest BCUT2D eigenvalue weighted by Crippen LogP contribution is 2.31. The monoisotopic (exact) mass is 425 g/mol. The molecule has 0 aliphatic heterocycles. The highest BCUT2D eigenvalue weighted by atomic mass is 32.2. The first kappa shape index (κ1) is 22.2. The van der Waals surface area contributed by atoms with Gasteiger partial charge in [-0.3, -0.25) is 9.52 Å². The minimum atomic E-state index is -4.60. The third kappa shape index (κ3) is 5.48. The van der Waals surface area contributed by atoms with Crippen LogP contribution in [-0.2, 0) is 16.2 Å². The van der Waals surface area contributed by atoms with E-state index in [4.69, 9.17) is 5.26 Å². The molecule has 0 spiro atoms. The summed E-state index contributed by atoms with van der Waals surface area (Å²) in [4.78, 5) is 13.5. The number of carbonyl (C=O) groups excluding carboxylic acids is 1. The number of anilines is 1. The standard InChI is InChI=1S/C19H18F3N3O3S/c1-13(10-11-23)25(2)18(26)14-6-8-17(9-7-14)29(27,28)24-16-5-3-4-15(12-16)19(20,21)22/h3-9,12-13,24H,10H2,1-2H3. The number of hydrogen-bond acceptors (Lipinski definition) is 4. The predicted molar refractivity (Wildman–Crippen MR) is 100 cm³/mol. The van der Waals surface area contributed by atoms with Gasteiger partial charge >= 0.3 is 6.18 Å². The van der Waals surface area contributed by atoms with Gasteiger partial charge in [-0.1, -0.05) is 6.07 Å². The largest absolute Gasteiger partial charge is 0.416 e. The number of sulfonamides is 1. The SMILES string of the molecule is CC(CC#N)N(C)C(=O)c1ccc(S(=O)(=O)Nc2cccc(C(F)(F)F)c2)cc1. The van der Waals surface area contributed by atoms with E-state index in [-0.39, 0.29) is 34.5 Å². The van der Waals surface area contributed by atoms with Crippen molar-refractivity contribution in [2.75, 3.05) is 11.8 Å². The zero-order chi connectivity index (χ0) is 21.8. The van der Waals surface area contributed by atoms with Gasteiger partial charge in [0.25, 0.3) is 15.9 Å². The molecule has 1 N–H and O–H groups in total. The van der Waals surface area contributed by atoms with Crippen molar-refractivity contribution in [1.82, 2.24) is 4.90 Å². The number of benzene rings is 2. The topological polar surface area (TPSA) is 90.3 Å². The lowest BCUT2D eigenvalue weighted by Gasteiger charge is -2.23. The first-order valence-electron chi connectivity index (χ1n) is 8.40. The Balaban J connectivity index is 2.21. The van der Waals surface area contributed by atoms with Crippen molar-refractivity contribution in [3.8, 4) is 6.07 Å². The molecular weight excluding hydrogens is 407 g/mol. The molecule has 6 nitrogen and oxygen atoms in total. The van der Waals surface area contributed by atoms with Crippen molar-refractivity contribution in [3.63, 3.8) is 0 Å². The van der Waals surface area contributed by atoms with Crippen LogP contribution in [0.15, 0.2) is 53.4 Å². The molecule has 154 valence electrons. The van der Waals surface area contributed by atoms with Crippen LogP contribution >= 0.6 is 0 Å². The molecule has 0 aliphatic rings. The van der Waals surface area contributed by atoms with E-state index >= 15 is 0 Å². The van der Waals surface area contributed by atoms with Gasteiger partial charge in [0.1, 0.15) is 0 Å². The molecule has 2 aromatic carbocycles. The van der Waals surface area contributed by atoms with E-state index in [1.54, 1.807) is 6.92 Å². The van der Waals surface area contributed by atoms with Gasteiger partial charge < -0.3 is 4.90 Å². The second kappa shape index (κ2) is 8.53. The highest BCUT2D eigenvalue weighted by molar-refractivity contribution is 7.92. The van der Waals surface area contributed by atoms with Gasteiger partial charge in [-0.25, -0.2) is 8.42 Å². The molecule has 0 saturated carbocycles. The molecule has 0 fully saturated rings. The van der Waals surface area contributed by atoms with Crippen molar-refractivity contribution in [2.45, 2.75) is 30.5 Å². The predicted octanol–water partition coefficient (Wildman–Crippen LogP) is 3.88. The van der Waals surface area contributed by atoms with Crippen molar-refractivity contribution in [3.05, 3.63) is 59.7 Å². The molecule has 0 aromatic heterocycles. The van der Waals surface area contributed by atoms with E-state index in [1.165, 1.54) is 42.3 Å². The summed E-state index contributed by atoms with van der Waals surface area (Å²) >= 11 is 0. The smallest absolute Gasteiger partial charge is 0.338 e. The Morgan fingerprint density at radius 3 is 2.38 bits per heavy atom. The van der Waals surface area contributed by atoms with Crippen LogP contribution in [0.1, 0.15) is 29.3 Å². The lowest BCUT2D eigenvalue weighted by molar-refractivity contribution is -0.137. The van der Waals surface area contributed by atoms with E-state index in [0.29, 0.717) is 6.07 Å². The molecule has 0 aliphatic carbocycles. The van der Waals surface area contributed by atoms with Crippen molar-refractivity contribution >= 4 is 21.6 Å². The number of nitriles is 1. The molecule has 0 heterocycles. The van der Waals surface area contributed by atoms with Crippen molar-refractivity contribution < 1.29 is 26.4 Å². The summed E-state index contributed by atoms with van der Waals surface area (Å²) in [5, 5.41) is 8.72. The Bertz CT molecular complexity index is 1030. The van der Waals surface area contributed by atoms with Gasteiger partial charge in [-0.05, 0) is 49.4 Å². The van der Waals surface area contributed by atoms with Gasteiger partial charge in [0, 0.05) is 24.3 Å². The number of halogens is 3. The fourth-order valence-corrected chi connectivity index (χ4v) is 3.47. The van der Waals surface area contributed by atoms with E-state index in [0.717, 1.165) is 12.1 Å². The summed E-state index contributed by atoms with van der Waals surface area (Å²) in [5.74, 6) is -0.387. The fraction of sp³-hybridized carbons (Fsp3) is 0.263. The van der Waals surface area contributed by atoms with Crippen LogP contribution in [0.4, 0.5) is 18.9 Å². The van der Waals surface area contributed by atoms with Crippen LogP contribution in [0.25, 0.3) is 0 Å². The Kier molecular flexibility index (Phi) is 6.54. The molecule has 0 saturated heterocycles.